The number of esters is 1. The molecule has 1 aliphatic carbocycles. The molecule has 7 nitrogen and oxygen atoms in total. The van der Waals surface area contributed by atoms with Gasteiger partial charge >= 0.3 is 5.97 Å². The molecule has 0 fully saturated rings. The molecule has 1 heterocycles. The van der Waals surface area contributed by atoms with Crippen molar-refractivity contribution in [3.63, 3.8) is 0 Å². The van der Waals surface area contributed by atoms with Crippen LogP contribution < -0.4 is 19.5 Å². The summed E-state index contributed by atoms with van der Waals surface area (Å²) in [6, 6.07) is 3.59. The molecule has 0 bridgehead atoms. The van der Waals surface area contributed by atoms with Gasteiger partial charge in [-0.15, -0.1) is 0 Å². The highest BCUT2D eigenvalue weighted by atomic mass is 16.5. The maximum atomic E-state index is 13.0. The van der Waals surface area contributed by atoms with E-state index >= 15 is 0 Å². The maximum Gasteiger partial charge on any atom is 0.336 e. The summed E-state index contributed by atoms with van der Waals surface area (Å²) in [7, 11) is 4.61. The number of rotatable bonds is 7. The summed E-state index contributed by atoms with van der Waals surface area (Å²) in [5, 5.41) is 3.29. The molecule has 0 unspecified atom stereocenters. The van der Waals surface area contributed by atoms with Crippen LogP contribution in [0.1, 0.15) is 51.0 Å². The first-order valence-electron chi connectivity index (χ1n) is 10.2. The molecule has 1 aliphatic heterocycles. The van der Waals surface area contributed by atoms with Gasteiger partial charge in [-0.3, -0.25) is 4.79 Å². The number of hydrogen-bond donors (Lipinski definition) is 1. The standard InChI is InChI=1S/C23H29NO6/c1-6-10-30-23(26)19-13(2)24-15-8-7-9-16(25)21(15)20(19)14-11-17(27-3)22(29-5)18(12-14)28-4/h11-12,20,24H,6-10H2,1-5H3/t20-/m1/s1. The Balaban J connectivity index is 2.22. The molecule has 2 aliphatic rings. The molecule has 1 aromatic carbocycles. The molecule has 0 radical (unpaired) electrons. The fourth-order valence-electron chi connectivity index (χ4n) is 4.13. The number of carbonyl (C=O) groups excluding carboxylic acids is 2. The van der Waals surface area contributed by atoms with Gasteiger partial charge in [-0.2, -0.15) is 0 Å². The van der Waals surface area contributed by atoms with Gasteiger partial charge in [0.2, 0.25) is 5.75 Å². The van der Waals surface area contributed by atoms with Crippen molar-refractivity contribution in [1.29, 1.82) is 0 Å². The molecule has 7 heteroatoms. The van der Waals surface area contributed by atoms with Crippen LogP contribution in [0.15, 0.2) is 34.7 Å². The maximum absolute atomic E-state index is 13.0. The van der Waals surface area contributed by atoms with Crippen molar-refractivity contribution in [3.8, 4) is 17.2 Å². The Kier molecular flexibility index (Phi) is 6.70. The van der Waals surface area contributed by atoms with Gasteiger partial charge in [-0.1, -0.05) is 6.92 Å². The van der Waals surface area contributed by atoms with E-state index in [2.05, 4.69) is 5.32 Å². The average Bonchev–Trinajstić information content (AvgIpc) is 2.75. The Morgan fingerprint density at radius 2 is 1.77 bits per heavy atom. The molecule has 0 spiro atoms. The van der Waals surface area contributed by atoms with Gasteiger partial charge in [0.1, 0.15) is 0 Å². The summed E-state index contributed by atoms with van der Waals surface area (Å²) in [6.45, 7) is 4.10. The van der Waals surface area contributed by atoms with Crippen molar-refractivity contribution < 1.29 is 28.5 Å². The predicted octanol–water partition coefficient (Wildman–Crippen LogP) is 3.63. The SMILES string of the molecule is CCCOC(=O)C1=C(C)NC2=C(C(=O)CCC2)[C@@H]1c1cc(OC)c(OC)c(OC)c1. The highest BCUT2D eigenvalue weighted by Crippen LogP contribution is 2.47. The number of Topliss-reactive ketones (excluding diaryl/α,β-unsaturated/α-hetero) is 1. The molecule has 1 aromatic rings. The molecule has 1 N–H and O–H groups in total. The fourth-order valence-corrected chi connectivity index (χ4v) is 4.13. The first-order chi connectivity index (χ1) is 14.5. The van der Waals surface area contributed by atoms with Gasteiger partial charge in [0.25, 0.3) is 0 Å². The molecule has 0 saturated carbocycles. The average molecular weight is 415 g/mol. The summed E-state index contributed by atoms with van der Waals surface area (Å²) in [5.41, 5.74) is 3.34. The summed E-state index contributed by atoms with van der Waals surface area (Å²) < 4.78 is 21.9. The minimum absolute atomic E-state index is 0.0378. The van der Waals surface area contributed by atoms with E-state index in [9.17, 15) is 9.59 Å². The second-order valence-electron chi connectivity index (χ2n) is 7.36. The van der Waals surface area contributed by atoms with Crippen LogP contribution in [-0.4, -0.2) is 39.7 Å². The van der Waals surface area contributed by atoms with Crippen molar-refractivity contribution >= 4 is 11.8 Å². The van der Waals surface area contributed by atoms with Crippen LogP contribution in [0.4, 0.5) is 0 Å². The van der Waals surface area contributed by atoms with E-state index in [1.165, 1.54) is 21.3 Å². The van der Waals surface area contributed by atoms with E-state index in [0.717, 1.165) is 24.1 Å². The lowest BCUT2D eigenvalue weighted by Gasteiger charge is -2.34. The fraction of sp³-hybridized carbons (Fsp3) is 0.478. The number of methoxy groups -OCH3 is 3. The lowest BCUT2D eigenvalue weighted by atomic mass is 9.75. The zero-order valence-corrected chi connectivity index (χ0v) is 18.2. The van der Waals surface area contributed by atoms with E-state index < -0.39 is 11.9 Å². The number of nitrogens with one attached hydrogen (secondary N) is 1. The Bertz CT molecular complexity index is 889. The predicted molar refractivity (Wildman–Crippen MR) is 112 cm³/mol. The third kappa shape index (κ3) is 3.88. The van der Waals surface area contributed by atoms with Gasteiger partial charge in [0.15, 0.2) is 17.3 Å². The Labute approximate surface area is 177 Å². The number of ether oxygens (including phenoxy) is 4. The molecule has 3 rings (SSSR count). The number of benzene rings is 1. The van der Waals surface area contributed by atoms with Gasteiger partial charge < -0.3 is 24.3 Å². The highest BCUT2D eigenvalue weighted by molar-refractivity contribution is 6.03. The molecule has 0 saturated heterocycles. The molecule has 0 amide bonds. The molecule has 1 atom stereocenters. The van der Waals surface area contributed by atoms with Crippen LogP contribution >= 0.6 is 0 Å². The van der Waals surface area contributed by atoms with Crippen molar-refractivity contribution in [3.05, 3.63) is 40.2 Å². The summed E-state index contributed by atoms with van der Waals surface area (Å²) in [4.78, 5) is 26.0. The van der Waals surface area contributed by atoms with Gasteiger partial charge in [-0.25, -0.2) is 4.79 Å². The Hall–Kier alpha value is -2.96. The third-order valence-corrected chi connectivity index (χ3v) is 5.45. The topological polar surface area (TPSA) is 83.1 Å². The van der Waals surface area contributed by atoms with E-state index in [4.69, 9.17) is 18.9 Å². The zero-order chi connectivity index (χ0) is 21.8. The quantitative estimate of drug-likeness (QED) is 0.681. The largest absolute Gasteiger partial charge is 0.493 e. The number of ketones is 1. The number of hydrogen-bond acceptors (Lipinski definition) is 7. The normalized spacial score (nSPS) is 18.6. The monoisotopic (exact) mass is 415 g/mol. The van der Waals surface area contributed by atoms with Crippen LogP contribution in [0.25, 0.3) is 0 Å². The second kappa shape index (κ2) is 9.24. The second-order valence-corrected chi connectivity index (χ2v) is 7.36. The molecule has 30 heavy (non-hydrogen) atoms. The highest BCUT2D eigenvalue weighted by Gasteiger charge is 2.39. The van der Waals surface area contributed by atoms with E-state index in [1.54, 1.807) is 12.1 Å². The van der Waals surface area contributed by atoms with Crippen molar-refractivity contribution in [1.82, 2.24) is 5.32 Å². The Morgan fingerprint density at radius 3 is 2.33 bits per heavy atom. The van der Waals surface area contributed by atoms with Gasteiger partial charge in [0, 0.05) is 29.3 Å². The van der Waals surface area contributed by atoms with Crippen LogP contribution in [-0.2, 0) is 14.3 Å². The summed E-state index contributed by atoms with van der Waals surface area (Å²) in [5.74, 6) is 0.440. The minimum atomic E-state index is -0.563. The zero-order valence-electron chi connectivity index (χ0n) is 18.2. The van der Waals surface area contributed by atoms with Crippen LogP contribution in [0.5, 0.6) is 17.2 Å². The van der Waals surface area contributed by atoms with Crippen LogP contribution in [0.3, 0.4) is 0 Å². The Morgan fingerprint density at radius 1 is 1.10 bits per heavy atom. The first kappa shape index (κ1) is 21.7. The molecule has 0 aromatic heterocycles. The lowest BCUT2D eigenvalue weighted by Crippen LogP contribution is -2.34. The van der Waals surface area contributed by atoms with E-state index in [-0.39, 0.29) is 5.78 Å². The summed E-state index contributed by atoms with van der Waals surface area (Å²) in [6.07, 6.45) is 2.72. The van der Waals surface area contributed by atoms with E-state index in [0.29, 0.717) is 53.5 Å². The molecular formula is C23H29NO6. The summed E-state index contributed by atoms with van der Waals surface area (Å²) >= 11 is 0. The molecular weight excluding hydrogens is 386 g/mol. The lowest BCUT2D eigenvalue weighted by molar-refractivity contribution is -0.139. The first-order valence-corrected chi connectivity index (χ1v) is 10.2. The van der Waals surface area contributed by atoms with E-state index in [1.807, 2.05) is 13.8 Å². The van der Waals surface area contributed by atoms with Gasteiger partial charge in [-0.05, 0) is 43.9 Å². The third-order valence-electron chi connectivity index (χ3n) is 5.45. The number of dihydropyridines is 1. The van der Waals surface area contributed by atoms with Crippen molar-refractivity contribution in [2.75, 3.05) is 27.9 Å². The van der Waals surface area contributed by atoms with Crippen molar-refractivity contribution in [2.45, 2.75) is 45.4 Å². The van der Waals surface area contributed by atoms with Gasteiger partial charge in [0.05, 0.1) is 33.5 Å². The smallest absolute Gasteiger partial charge is 0.336 e. The molecule has 162 valence electrons. The minimum Gasteiger partial charge on any atom is -0.493 e. The van der Waals surface area contributed by atoms with Crippen molar-refractivity contribution in [2.24, 2.45) is 0 Å². The number of allylic oxidation sites excluding steroid dienone is 3. The number of carbonyl (C=O) groups is 2. The van der Waals surface area contributed by atoms with Crippen LogP contribution in [0.2, 0.25) is 0 Å². The van der Waals surface area contributed by atoms with Crippen LogP contribution in [0, 0.1) is 0 Å².